The molecular weight excluding hydrogens is 174 g/mol. The van der Waals surface area contributed by atoms with E-state index in [0.717, 1.165) is 6.42 Å². The van der Waals surface area contributed by atoms with Gasteiger partial charge in [0.15, 0.2) is 0 Å². The Bertz CT molecular complexity index is 399. The predicted molar refractivity (Wildman–Crippen MR) is 52.7 cm³/mol. The molecule has 1 aliphatic rings. The zero-order chi connectivity index (χ0) is 10.1. The van der Waals surface area contributed by atoms with Crippen molar-refractivity contribution in [3.63, 3.8) is 0 Å². The molecule has 2 atom stereocenters. The van der Waals surface area contributed by atoms with Crippen molar-refractivity contribution in [2.24, 2.45) is 5.92 Å². The van der Waals surface area contributed by atoms with Gasteiger partial charge in [0.1, 0.15) is 5.78 Å². The molecule has 2 unspecified atom stereocenters. The van der Waals surface area contributed by atoms with Crippen LogP contribution in [0.2, 0.25) is 0 Å². The molecule has 0 saturated heterocycles. The lowest BCUT2D eigenvalue weighted by atomic mass is 10.1. The Hall–Kier alpha value is -1.62. The van der Waals surface area contributed by atoms with Crippen LogP contribution in [0.25, 0.3) is 0 Å². The van der Waals surface area contributed by atoms with Gasteiger partial charge in [-0.1, -0.05) is 12.1 Å². The van der Waals surface area contributed by atoms with Crippen molar-refractivity contribution in [2.75, 3.05) is 0 Å². The fourth-order valence-corrected chi connectivity index (χ4v) is 1.82. The number of hydrogen-bond acceptors (Lipinski definition) is 2. The van der Waals surface area contributed by atoms with Crippen molar-refractivity contribution in [1.82, 2.24) is 0 Å². The van der Waals surface area contributed by atoms with Crippen LogP contribution >= 0.6 is 0 Å². The number of rotatable bonds is 2. The fraction of sp³-hybridized carbons (Fsp3) is 0.333. The van der Waals surface area contributed by atoms with Crippen LogP contribution in [-0.2, 0) is 4.79 Å². The minimum atomic E-state index is 0.225. The summed E-state index contributed by atoms with van der Waals surface area (Å²) in [5.41, 5.74) is 1.86. The Kier molecular flexibility index (Phi) is 2.09. The lowest BCUT2D eigenvalue weighted by Gasteiger charge is -1.97. The van der Waals surface area contributed by atoms with Crippen molar-refractivity contribution in [3.8, 4) is 6.07 Å². The molecule has 1 aromatic rings. The number of nitriles is 1. The lowest BCUT2D eigenvalue weighted by molar-refractivity contribution is -0.118. The van der Waals surface area contributed by atoms with Crippen LogP contribution in [0.4, 0.5) is 0 Å². The van der Waals surface area contributed by atoms with E-state index in [4.69, 9.17) is 5.26 Å². The van der Waals surface area contributed by atoms with E-state index < -0.39 is 0 Å². The Morgan fingerprint density at radius 1 is 1.43 bits per heavy atom. The van der Waals surface area contributed by atoms with E-state index in [-0.39, 0.29) is 11.7 Å². The minimum Gasteiger partial charge on any atom is -0.300 e. The van der Waals surface area contributed by atoms with E-state index in [0.29, 0.717) is 11.5 Å². The number of hydrogen-bond donors (Lipinski definition) is 0. The molecule has 0 heterocycles. The molecular formula is C12H11NO. The van der Waals surface area contributed by atoms with Gasteiger partial charge in [0, 0.05) is 5.92 Å². The molecule has 1 saturated carbocycles. The second-order valence-electron chi connectivity index (χ2n) is 3.79. The summed E-state index contributed by atoms with van der Waals surface area (Å²) >= 11 is 0. The summed E-state index contributed by atoms with van der Waals surface area (Å²) in [6.07, 6.45) is 0.973. The first-order valence-corrected chi connectivity index (χ1v) is 4.73. The van der Waals surface area contributed by atoms with Crippen LogP contribution in [-0.4, -0.2) is 5.78 Å². The van der Waals surface area contributed by atoms with Crippen LogP contribution in [0.1, 0.15) is 30.4 Å². The highest BCUT2D eigenvalue weighted by Crippen LogP contribution is 2.47. The summed E-state index contributed by atoms with van der Waals surface area (Å²) in [7, 11) is 0. The Balaban J connectivity index is 2.13. The van der Waals surface area contributed by atoms with Crippen LogP contribution in [0.15, 0.2) is 24.3 Å². The molecule has 1 aromatic carbocycles. The molecule has 1 aliphatic carbocycles. The van der Waals surface area contributed by atoms with Gasteiger partial charge in [-0.25, -0.2) is 0 Å². The van der Waals surface area contributed by atoms with Gasteiger partial charge in [0.05, 0.1) is 11.6 Å². The van der Waals surface area contributed by atoms with Crippen LogP contribution in [0, 0.1) is 17.2 Å². The summed E-state index contributed by atoms with van der Waals surface area (Å²) < 4.78 is 0. The van der Waals surface area contributed by atoms with Crippen LogP contribution < -0.4 is 0 Å². The van der Waals surface area contributed by atoms with Crippen molar-refractivity contribution in [3.05, 3.63) is 35.4 Å². The summed E-state index contributed by atoms with van der Waals surface area (Å²) in [6, 6.07) is 9.60. The Morgan fingerprint density at radius 2 is 2.07 bits per heavy atom. The third kappa shape index (κ3) is 1.54. The van der Waals surface area contributed by atoms with E-state index in [9.17, 15) is 4.79 Å². The van der Waals surface area contributed by atoms with Crippen molar-refractivity contribution in [2.45, 2.75) is 19.3 Å². The fourth-order valence-electron chi connectivity index (χ4n) is 1.82. The number of benzene rings is 1. The monoisotopic (exact) mass is 185 g/mol. The second kappa shape index (κ2) is 3.26. The summed E-state index contributed by atoms with van der Waals surface area (Å²) in [4.78, 5) is 11.1. The van der Waals surface area contributed by atoms with Crippen molar-refractivity contribution < 1.29 is 4.79 Å². The first-order valence-electron chi connectivity index (χ1n) is 4.73. The number of carbonyl (C=O) groups excluding carboxylic acids is 1. The van der Waals surface area contributed by atoms with Gasteiger partial charge in [-0.05, 0) is 37.0 Å². The number of Topliss-reactive ketones (excluding diaryl/α,β-unsaturated/α-hetero) is 1. The average molecular weight is 185 g/mol. The molecule has 2 nitrogen and oxygen atoms in total. The zero-order valence-electron chi connectivity index (χ0n) is 8.03. The summed E-state index contributed by atoms with van der Waals surface area (Å²) in [6.45, 7) is 1.65. The van der Waals surface area contributed by atoms with Gasteiger partial charge in [-0.3, -0.25) is 4.79 Å². The van der Waals surface area contributed by atoms with Gasteiger partial charge in [0.2, 0.25) is 0 Å². The van der Waals surface area contributed by atoms with Gasteiger partial charge < -0.3 is 0 Å². The maximum absolute atomic E-state index is 11.1. The molecule has 2 heteroatoms. The lowest BCUT2D eigenvalue weighted by Crippen LogP contribution is -1.94. The number of nitrogens with zero attached hydrogens (tertiary/aromatic N) is 1. The SMILES string of the molecule is CC(=O)C1CC1c1ccc(C#N)cc1. The van der Waals surface area contributed by atoms with Crippen molar-refractivity contribution in [1.29, 1.82) is 5.26 Å². The molecule has 14 heavy (non-hydrogen) atoms. The maximum atomic E-state index is 11.1. The third-order valence-electron chi connectivity index (χ3n) is 2.78. The number of ketones is 1. The molecule has 0 bridgehead atoms. The van der Waals surface area contributed by atoms with Crippen LogP contribution in [0.5, 0.6) is 0 Å². The van der Waals surface area contributed by atoms with Crippen LogP contribution in [0.3, 0.4) is 0 Å². The van der Waals surface area contributed by atoms with E-state index in [2.05, 4.69) is 6.07 Å². The highest BCUT2D eigenvalue weighted by Gasteiger charge is 2.41. The third-order valence-corrected chi connectivity index (χ3v) is 2.78. The molecule has 0 spiro atoms. The molecule has 0 N–H and O–H groups in total. The van der Waals surface area contributed by atoms with Gasteiger partial charge >= 0.3 is 0 Å². The minimum absolute atomic E-state index is 0.225. The van der Waals surface area contributed by atoms with E-state index in [1.807, 2.05) is 24.3 Å². The smallest absolute Gasteiger partial charge is 0.133 e. The molecule has 0 amide bonds. The molecule has 0 aromatic heterocycles. The quantitative estimate of drug-likeness (QED) is 0.709. The van der Waals surface area contributed by atoms with Crippen molar-refractivity contribution >= 4 is 5.78 Å². The topological polar surface area (TPSA) is 40.9 Å². The molecule has 2 rings (SSSR count). The Morgan fingerprint density at radius 3 is 2.50 bits per heavy atom. The summed E-state index contributed by atoms with van der Waals surface area (Å²) in [5, 5.41) is 8.62. The predicted octanol–water partition coefficient (Wildman–Crippen LogP) is 2.25. The number of carbonyl (C=O) groups is 1. The summed E-state index contributed by atoms with van der Waals surface area (Å²) in [5.74, 6) is 0.905. The highest BCUT2D eigenvalue weighted by atomic mass is 16.1. The molecule has 0 radical (unpaired) electrons. The first kappa shape index (κ1) is 8.96. The molecule has 70 valence electrons. The maximum Gasteiger partial charge on any atom is 0.133 e. The van der Waals surface area contributed by atoms with Gasteiger partial charge in [0.25, 0.3) is 0 Å². The van der Waals surface area contributed by atoms with E-state index in [1.54, 1.807) is 6.92 Å². The molecule has 0 aliphatic heterocycles. The molecule has 1 fully saturated rings. The zero-order valence-corrected chi connectivity index (χ0v) is 8.03. The highest BCUT2D eigenvalue weighted by molar-refractivity contribution is 5.82. The largest absolute Gasteiger partial charge is 0.300 e. The average Bonchev–Trinajstić information content (AvgIpc) is 2.97. The van der Waals surface area contributed by atoms with Gasteiger partial charge in [-0.15, -0.1) is 0 Å². The standard InChI is InChI=1S/C12H11NO/c1-8(14)11-6-12(11)10-4-2-9(7-13)3-5-10/h2-5,11-12H,6H2,1H3. The van der Waals surface area contributed by atoms with Gasteiger partial charge in [-0.2, -0.15) is 5.26 Å². The Labute approximate surface area is 83.2 Å². The van der Waals surface area contributed by atoms with E-state index in [1.165, 1.54) is 5.56 Å². The normalized spacial score (nSPS) is 24.0. The van der Waals surface area contributed by atoms with E-state index >= 15 is 0 Å². The first-order chi connectivity index (χ1) is 6.72. The second-order valence-corrected chi connectivity index (χ2v) is 3.79.